The predicted molar refractivity (Wildman–Crippen MR) is 76.3 cm³/mol. The number of hydrogen-bond acceptors (Lipinski definition) is 3. The molecule has 1 aromatic rings. The number of Topliss-reactive ketones (excluding diaryl/α,β-unsaturated/α-hetero) is 1. The van der Waals surface area contributed by atoms with E-state index >= 15 is 0 Å². The average Bonchev–Trinajstić information content (AvgIpc) is 2.39. The van der Waals surface area contributed by atoms with Crippen molar-refractivity contribution >= 4 is 11.6 Å². The maximum absolute atomic E-state index is 11.4. The summed E-state index contributed by atoms with van der Waals surface area (Å²) in [6, 6.07) is 3.69. The van der Waals surface area contributed by atoms with Crippen LogP contribution in [0.4, 0.5) is 5.82 Å². The van der Waals surface area contributed by atoms with E-state index in [4.69, 9.17) is 0 Å². The minimum Gasteiger partial charge on any atom is -0.357 e. The lowest BCUT2D eigenvalue weighted by Crippen LogP contribution is -2.26. The second-order valence-corrected chi connectivity index (χ2v) is 4.65. The van der Waals surface area contributed by atoms with Gasteiger partial charge in [0.25, 0.3) is 0 Å². The van der Waals surface area contributed by atoms with Crippen molar-refractivity contribution in [3.63, 3.8) is 0 Å². The minimum atomic E-state index is 0.101. The van der Waals surface area contributed by atoms with Crippen molar-refractivity contribution in [2.24, 2.45) is 0 Å². The fraction of sp³-hybridized carbons (Fsp3) is 0.600. The number of aromatic nitrogens is 1. The van der Waals surface area contributed by atoms with Gasteiger partial charge in [0.1, 0.15) is 5.82 Å². The van der Waals surface area contributed by atoms with E-state index < -0.39 is 0 Å². The fourth-order valence-electron chi connectivity index (χ4n) is 1.85. The molecule has 3 heteroatoms. The number of ketones is 1. The second kappa shape index (κ2) is 7.85. The summed E-state index contributed by atoms with van der Waals surface area (Å²) in [4.78, 5) is 18.1. The first kappa shape index (κ1) is 14.7. The van der Waals surface area contributed by atoms with Gasteiger partial charge in [-0.05, 0) is 31.9 Å². The molecule has 0 aliphatic heterocycles. The van der Waals surface area contributed by atoms with Crippen LogP contribution in [0.5, 0.6) is 0 Å². The van der Waals surface area contributed by atoms with Gasteiger partial charge in [-0.1, -0.05) is 26.7 Å². The number of carbonyl (C=O) groups is 1. The third-order valence-electron chi connectivity index (χ3n) is 3.04. The van der Waals surface area contributed by atoms with Gasteiger partial charge in [0.05, 0.1) is 0 Å². The lowest BCUT2D eigenvalue weighted by Gasteiger charge is -2.23. The summed E-state index contributed by atoms with van der Waals surface area (Å²) in [5, 5.41) is 0. The van der Waals surface area contributed by atoms with Crippen molar-refractivity contribution in [2.45, 2.75) is 46.5 Å². The van der Waals surface area contributed by atoms with Gasteiger partial charge in [0.2, 0.25) is 0 Å². The van der Waals surface area contributed by atoms with Gasteiger partial charge in [0.15, 0.2) is 5.78 Å². The molecule has 0 aliphatic carbocycles. The van der Waals surface area contributed by atoms with Crippen LogP contribution < -0.4 is 4.90 Å². The number of pyridine rings is 1. The van der Waals surface area contributed by atoms with E-state index in [0.717, 1.165) is 37.3 Å². The first-order valence-corrected chi connectivity index (χ1v) is 6.91. The second-order valence-electron chi connectivity index (χ2n) is 4.65. The quantitative estimate of drug-likeness (QED) is 0.658. The number of carbonyl (C=O) groups excluding carboxylic acids is 1. The number of anilines is 1. The molecule has 0 saturated heterocycles. The molecule has 1 rings (SSSR count). The lowest BCUT2D eigenvalue weighted by atomic mass is 10.2. The fourth-order valence-corrected chi connectivity index (χ4v) is 1.85. The molecule has 0 N–H and O–H groups in total. The Kier molecular flexibility index (Phi) is 6.40. The van der Waals surface area contributed by atoms with E-state index in [9.17, 15) is 4.79 Å². The summed E-state index contributed by atoms with van der Waals surface area (Å²) >= 11 is 0. The molecule has 0 spiro atoms. The standard InChI is InChI=1S/C15H24N2O/c1-4-6-10-17(11-7-5-2)15-12-14(13(3)18)8-9-16-15/h8-9,12H,4-7,10-11H2,1-3H3. The van der Waals surface area contributed by atoms with Crippen molar-refractivity contribution in [3.8, 4) is 0 Å². The van der Waals surface area contributed by atoms with Crippen molar-refractivity contribution in [1.82, 2.24) is 4.98 Å². The van der Waals surface area contributed by atoms with E-state index in [2.05, 4.69) is 23.7 Å². The summed E-state index contributed by atoms with van der Waals surface area (Å²) in [6.45, 7) is 8.02. The predicted octanol–water partition coefficient (Wildman–Crippen LogP) is 3.69. The van der Waals surface area contributed by atoms with Gasteiger partial charge in [-0.15, -0.1) is 0 Å². The SMILES string of the molecule is CCCCN(CCCC)c1cc(C(C)=O)ccn1. The van der Waals surface area contributed by atoms with E-state index in [-0.39, 0.29) is 5.78 Å². The highest BCUT2D eigenvalue weighted by atomic mass is 16.1. The first-order chi connectivity index (χ1) is 8.69. The maximum Gasteiger partial charge on any atom is 0.159 e. The molecule has 0 aromatic carbocycles. The molecule has 0 aliphatic rings. The van der Waals surface area contributed by atoms with Crippen LogP contribution in [0.15, 0.2) is 18.3 Å². The van der Waals surface area contributed by atoms with Crippen LogP contribution in [0, 0.1) is 0 Å². The van der Waals surface area contributed by atoms with Gasteiger partial charge in [0, 0.05) is 24.8 Å². The smallest absolute Gasteiger partial charge is 0.159 e. The van der Waals surface area contributed by atoms with Crippen LogP contribution >= 0.6 is 0 Å². The van der Waals surface area contributed by atoms with Crippen molar-refractivity contribution in [3.05, 3.63) is 23.9 Å². The van der Waals surface area contributed by atoms with Crippen molar-refractivity contribution in [2.75, 3.05) is 18.0 Å². The highest BCUT2D eigenvalue weighted by Crippen LogP contribution is 2.15. The van der Waals surface area contributed by atoms with Crippen molar-refractivity contribution in [1.29, 1.82) is 0 Å². The van der Waals surface area contributed by atoms with E-state index in [1.165, 1.54) is 12.8 Å². The number of nitrogens with zero attached hydrogens (tertiary/aromatic N) is 2. The molecular formula is C15H24N2O. The molecule has 100 valence electrons. The van der Waals surface area contributed by atoms with Gasteiger partial charge in [-0.3, -0.25) is 4.79 Å². The van der Waals surface area contributed by atoms with Crippen LogP contribution in [0.25, 0.3) is 0 Å². The zero-order chi connectivity index (χ0) is 13.4. The Bertz CT molecular complexity index is 369. The Hall–Kier alpha value is -1.38. The Balaban J connectivity index is 2.82. The Morgan fingerprint density at radius 1 is 1.22 bits per heavy atom. The Labute approximate surface area is 110 Å². The van der Waals surface area contributed by atoms with E-state index in [1.54, 1.807) is 19.2 Å². The molecule has 0 amide bonds. The van der Waals surface area contributed by atoms with Gasteiger partial charge in [-0.25, -0.2) is 4.98 Å². The van der Waals surface area contributed by atoms with Crippen molar-refractivity contribution < 1.29 is 4.79 Å². The lowest BCUT2D eigenvalue weighted by molar-refractivity contribution is 0.101. The third kappa shape index (κ3) is 4.47. The normalized spacial score (nSPS) is 10.4. The van der Waals surface area contributed by atoms with E-state index in [1.807, 2.05) is 6.07 Å². The molecule has 0 atom stereocenters. The molecule has 1 heterocycles. The number of rotatable bonds is 8. The van der Waals surface area contributed by atoms with Crippen LogP contribution in [-0.4, -0.2) is 23.9 Å². The maximum atomic E-state index is 11.4. The average molecular weight is 248 g/mol. The third-order valence-corrected chi connectivity index (χ3v) is 3.04. The molecule has 3 nitrogen and oxygen atoms in total. The van der Waals surface area contributed by atoms with Crippen LogP contribution in [0.2, 0.25) is 0 Å². The summed E-state index contributed by atoms with van der Waals surface area (Å²) < 4.78 is 0. The summed E-state index contributed by atoms with van der Waals surface area (Å²) in [5.41, 5.74) is 0.748. The summed E-state index contributed by atoms with van der Waals surface area (Å²) in [7, 11) is 0. The van der Waals surface area contributed by atoms with E-state index in [0.29, 0.717) is 0 Å². The summed E-state index contributed by atoms with van der Waals surface area (Å²) in [6.07, 6.45) is 6.41. The number of hydrogen-bond donors (Lipinski definition) is 0. The minimum absolute atomic E-state index is 0.101. The first-order valence-electron chi connectivity index (χ1n) is 6.91. The highest BCUT2D eigenvalue weighted by Gasteiger charge is 2.09. The Morgan fingerprint density at radius 3 is 2.33 bits per heavy atom. The largest absolute Gasteiger partial charge is 0.357 e. The molecule has 0 bridgehead atoms. The topological polar surface area (TPSA) is 33.2 Å². The molecule has 18 heavy (non-hydrogen) atoms. The van der Waals surface area contributed by atoms with Crippen LogP contribution in [0.3, 0.4) is 0 Å². The molecule has 0 radical (unpaired) electrons. The monoisotopic (exact) mass is 248 g/mol. The number of unbranched alkanes of at least 4 members (excludes halogenated alkanes) is 2. The van der Waals surface area contributed by atoms with Gasteiger partial charge < -0.3 is 4.90 Å². The summed E-state index contributed by atoms with van der Waals surface area (Å²) in [5.74, 6) is 1.04. The highest BCUT2D eigenvalue weighted by molar-refractivity contribution is 5.94. The van der Waals surface area contributed by atoms with Crippen LogP contribution in [0.1, 0.15) is 56.8 Å². The molecular weight excluding hydrogens is 224 g/mol. The molecule has 0 unspecified atom stereocenters. The Morgan fingerprint density at radius 2 is 1.83 bits per heavy atom. The van der Waals surface area contributed by atoms with Gasteiger partial charge >= 0.3 is 0 Å². The zero-order valence-electron chi connectivity index (χ0n) is 11.8. The molecule has 0 fully saturated rings. The van der Waals surface area contributed by atoms with Crippen LogP contribution in [-0.2, 0) is 0 Å². The zero-order valence-corrected chi connectivity index (χ0v) is 11.8. The molecule has 1 aromatic heterocycles. The van der Waals surface area contributed by atoms with Gasteiger partial charge in [-0.2, -0.15) is 0 Å². The molecule has 0 saturated carbocycles.